The molecule has 0 amide bonds. The van der Waals surface area contributed by atoms with E-state index < -0.39 is 0 Å². The Bertz CT molecular complexity index is 523. The van der Waals surface area contributed by atoms with Crippen LogP contribution >= 0.6 is 11.8 Å². The van der Waals surface area contributed by atoms with Crippen LogP contribution in [0.15, 0.2) is 40.6 Å². The van der Waals surface area contributed by atoms with Gasteiger partial charge in [0.05, 0.1) is 0 Å². The molecular weight excluding hydrogens is 242 g/mol. The van der Waals surface area contributed by atoms with Crippen LogP contribution in [0.5, 0.6) is 0 Å². The van der Waals surface area contributed by atoms with Gasteiger partial charge in [0.2, 0.25) is 0 Å². The molecule has 0 bridgehead atoms. The Morgan fingerprint density at radius 3 is 2.50 bits per heavy atom. The van der Waals surface area contributed by atoms with Gasteiger partial charge in [-0.25, -0.2) is 9.97 Å². The molecule has 2 N–H and O–H groups in total. The second-order valence-corrected chi connectivity index (χ2v) is 5.29. The maximum Gasteiger partial charge on any atom is 0.192 e. The molecule has 1 heterocycles. The van der Waals surface area contributed by atoms with E-state index in [0.717, 1.165) is 17.1 Å². The number of rotatable bonds is 4. The average molecular weight is 259 g/mol. The standard InChI is InChI=1S/C14H17N3S/c1-10-3-4-13(11(2)7-10)18-14-16-8-12(5-6-15)9-17-14/h3-4,7-9H,5-6,15H2,1-2H3. The molecule has 94 valence electrons. The molecular formula is C14H17N3S. The lowest BCUT2D eigenvalue weighted by Crippen LogP contribution is -2.03. The average Bonchev–Trinajstić information content (AvgIpc) is 2.35. The summed E-state index contributed by atoms with van der Waals surface area (Å²) in [6, 6.07) is 6.40. The number of aromatic nitrogens is 2. The summed E-state index contributed by atoms with van der Waals surface area (Å²) < 4.78 is 0. The summed E-state index contributed by atoms with van der Waals surface area (Å²) in [5, 5.41) is 0.780. The largest absolute Gasteiger partial charge is 0.330 e. The number of hydrogen-bond donors (Lipinski definition) is 1. The highest BCUT2D eigenvalue weighted by Crippen LogP contribution is 2.27. The number of aryl methyl sites for hydroxylation is 2. The SMILES string of the molecule is Cc1ccc(Sc2ncc(CCN)cn2)c(C)c1. The molecule has 0 saturated carbocycles. The molecule has 1 aromatic carbocycles. The molecule has 18 heavy (non-hydrogen) atoms. The highest BCUT2D eigenvalue weighted by atomic mass is 32.2. The first-order valence-electron chi connectivity index (χ1n) is 5.95. The molecule has 2 aromatic rings. The van der Waals surface area contributed by atoms with Crippen molar-refractivity contribution >= 4 is 11.8 Å². The van der Waals surface area contributed by atoms with E-state index in [2.05, 4.69) is 42.0 Å². The fraction of sp³-hybridized carbons (Fsp3) is 0.286. The lowest BCUT2D eigenvalue weighted by Gasteiger charge is -2.05. The Morgan fingerprint density at radius 2 is 1.89 bits per heavy atom. The van der Waals surface area contributed by atoms with Gasteiger partial charge in [-0.2, -0.15) is 0 Å². The molecule has 2 rings (SSSR count). The van der Waals surface area contributed by atoms with Crippen molar-refractivity contribution in [3.63, 3.8) is 0 Å². The van der Waals surface area contributed by atoms with E-state index >= 15 is 0 Å². The van der Waals surface area contributed by atoms with Crippen LogP contribution in [0.4, 0.5) is 0 Å². The van der Waals surface area contributed by atoms with Gasteiger partial charge in [0.25, 0.3) is 0 Å². The number of nitrogens with zero attached hydrogens (tertiary/aromatic N) is 2. The number of nitrogens with two attached hydrogens (primary N) is 1. The van der Waals surface area contributed by atoms with Crippen LogP contribution < -0.4 is 5.73 Å². The molecule has 0 fully saturated rings. The van der Waals surface area contributed by atoms with Crippen LogP contribution in [0.2, 0.25) is 0 Å². The normalized spacial score (nSPS) is 10.6. The molecule has 3 nitrogen and oxygen atoms in total. The molecule has 0 radical (unpaired) electrons. The molecule has 0 spiro atoms. The van der Waals surface area contributed by atoms with Crippen molar-refractivity contribution in [2.45, 2.75) is 30.3 Å². The van der Waals surface area contributed by atoms with Crippen molar-refractivity contribution in [2.75, 3.05) is 6.54 Å². The molecule has 0 aliphatic heterocycles. The summed E-state index contributed by atoms with van der Waals surface area (Å²) in [7, 11) is 0. The minimum Gasteiger partial charge on any atom is -0.330 e. The molecule has 4 heteroatoms. The van der Waals surface area contributed by atoms with E-state index in [0.29, 0.717) is 6.54 Å². The van der Waals surface area contributed by atoms with Gasteiger partial charge >= 0.3 is 0 Å². The van der Waals surface area contributed by atoms with Gasteiger partial charge in [-0.3, -0.25) is 0 Å². The Morgan fingerprint density at radius 1 is 1.17 bits per heavy atom. The lowest BCUT2D eigenvalue weighted by molar-refractivity contribution is 0.890. The van der Waals surface area contributed by atoms with Gasteiger partial charge in [0.15, 0.2) is 5.16 Å². The molecule has 0 atom stereocenters. The third-order valence-electron chi connectivity index (χ3n) is 2.65. The maximum absolute atomic E-state index is 5.50. The lowest BCUT2D eigenvalue weighted by atomic mass is 10.2. The predicted molar refractivity (Wildman–Crippen MR) is 74.8 cm³/mol. The van der Waals surface area contributed by atoms with Crippen molar-refractivity contribution in [3.8, 4) is 0 Å². The van der Waals surface area contributed by atoms with Gasteiger partial charge in [-0.1, -0.05) is 17.7 Å². The van der Waals surface area contributed by atoms with E-state index in [1.165, 1.54) is 16.0 Å². The predicted octanol–water partition coefficient (Wildman–Crippen LogP) is 2.75. The van der Waals surface area contributed by atoms with E-state index in [-0.39, 0.29) is 0 Å². The number of benzene rings is 1. The summed E-state index contributed by atoms with van der Waals surface area (Å²) in [5.74, 6) is 0. The fourth-order valence-electron chi connectivity index (χ4n) is 1.70. The zero-order chi connectivity index (χ0) is 13.0. The third-order valence-corrected chi connectivity index (χ3v) is 3.72. The van der Waals surface area contributed by atoms with Crippen LogP contribution in [0.3, 0.4) is 0 Å². The van der Waals surface area contributed by atoms with Crippen LogP contribution in [0.25, 0.3) is 0 Å². The summed E-state index contributed by atoms with van der Waals surface area (Å²) in [6.07, 6.45) is 4.53. The maximum atomic E-state index is 5.50. The van der Waals surface area contributed by atoms with E-state index in [1.807, 2.05) is 12.4 Å². The van der Waals surface area contributed by atoms with Crippen molar-refractivity contribution in [3.05, 3.63) is 47.3 Å². The monoisotopic (exact) mass is 259 g/mol. The van der Waals surface area contributed by atoms with Gasteiger partial charge < -0.3 is 5.73 Å². The number of hydrogen-bond acceptors (Lipinski definition) is 4. The second kappa shape index (κ2) is 5.98. The van der Waals surface area contributed by atoms with Crippen molar-refractivity contribution in [1.82, 2.24) is 9.97 Å². The van der Waals surface area contributed by atoms with Gasteiger partial charge in [0.1, 0.15) is 0 Å². The fourth-order valence-corrected chi connectivity index (χ4v) is 2.47. The van der Waals surface area contributed by atoms with Gasteiger partial charge in [0, 0.05) is 17.3 Å². The molecule has 1 aromatic heterocycles. The Hall–Kier alpha value is -1.39. The second-order valence-electron chi connectivity index (χ2n) is 4.28. The smallest absolute Gasteiger partial charge is 0.192 e. The van der Waals surface area contributed by atoms with Crippen LogP contribution in [-0.4, -0.2) is 16.5 Å². The van der Waals surface area contributed by atoms with Crippen LogP contribution in [0.1, 0.15) is 16.7 Å². The van der Waals surface area contributed by atoms with Crippen molar-refractivity contribution in [1.29, 1.82) is 0 Å². The summed E-state index contributed by atoms with van der Waals surface area (Å²) in [6.45, 7) is 4.84. The van der Waals surface area contributed by atoms with Gasteiger partial charge in [-0.05, 0) is 55.8 Å². The minimum atomic E-state index is 0.632. The van der Waals surface area contributed by atoms with E-state index in [4.69, 9.17) is 5.73 Å². The summed E-state index contributed by atoms with van der Waals surface area (Å²) in [4.78, 5) is 9.91. The summed E-state index contributed by atoms with van der Waals surface area (Å²) >= 11 is 1.60. The zero-order valence-electron chi connectivity index (χ0n) is 10.7. The Labute approximate surface area is 112 Å². The molecule has 0 saturated heterocycles. The highest BCUT2D eigenvalue weighted by Gasteiger charge is 2.04. The molecule has 0 aliphatic rings. The van der Waals surface area contributed by atoms with Crippen LogP contribution in [-0.2, 0) is 6.42 Å². The highest BCUT2D eigenvalue weighted by molar-refractivity contribution is 7.99. The first-order chi connectivity index (χ1) is 8.69. The topological polar surface area (TPSA) is 51.8 Å². The minimum absolute atomic E-state index is 0.632. The van der Waals surface area contributed by atoms with Crippen LogP contribution in [0, 0.1) is 13.8 Å². The van der Waals surface area contributed by atoms with Gasteiger partial charge in [-0.15, -0.1) is 0 Å². The third kappa shape index (κ3) is 3.31. The van der Waals surface area contributed by atoms with E-state index in [1.54, 1.807) is 11.8 Å². The first kappa shape index (κ1) is 13.1. The first-order valence-corrected chi connectivity index (χ1v) is 6.77. The quantitative estimate of drug-likeness (QED) is 0.858. The van der Waals surface area contributed by atoms with Crippen molar-refractivity contribution in [2.24, 2.45) is 5.73 Å². The molecule has 0 unspecified atom stereocenters. The van der Waals surface area contributed by atoms with E-state index in [9.17, 15) is 0 Å². The molecule has 0 aliphatic carbocycles. The zero-order valence-corrected chi connectivity index (χ0v) is 11.5. The summed E-state index contributed by atoms with van der Waals surface area (Å²) in [5.41, 5.74) is 9.11. The Kier molecular flexibility index (Phi) is 4.33. The van der Waals surface area contributed by atoms with Crippen molar-refractivity contribution < 1.29 is 0 Å². The Balaban J connectivity index is 2.13.